The van der Waals surface area contributed by atoms with E-state index in [0.717, 1.165) is 12.1 Å². The lowest BCUT2D eigenvalue weighted by molar-refractivity contribution is -0.493. The van der Waals surface area contributed by atoms with Crippen molar-refractivity contribution in [3.05, 3.63) is 54.1 Å². The van der Waals surface area contributed by atoms with Crippen molar-refractivity contribution in [1.82, 2.24) is 10.7 Å². The van der Waals surface area contributed by atoms with Crippen LogP contribution in [-0.2, 0) is 20.5 Å². The van der Waals surface area contributed by atoms with Gasteiger partial charge in [-0.3, -0.25) is 15.2 Å². The van der Waals surface area contributed by atoms with Gasteiger partial charge in [0.25, 0.3) is 0 Å². The van der Waals surface area contributed by atoms with Crippen molar-refractivity contribution in [2.75, 3.05) is 33.0 Å². The number of hydrogen-bond donors (Lipinski definition) is 6. The van der Waals surface area contributed by atoms with E-state index in [1.807, 2.05) is 12.2 Å². The van der Waals surface area contributed by atoms with E-state index in [9.17, 15) is 33.3 Å². The Morgan fingerprint density at radius 3 is 2.66 bits per heavy atom. The zero-order valence-electron chi connectivity index (χ0n) is 22.5. The van der Waals surface area contributed by atoms with Crippen LogP contribution in [-0.4, -0.2) is 88.3 Å². The van der Waals surface area contributed by atoms with Crippen LogP contribution in [0.25, 0.3) is 0 Å². The van der Waals surface area contributed by atoms with Crippen LogP contribution in [0.15, 0.2) is 48.6 Å². The topological polar surface area (TPSA) is 161 Å². The highest BCUT2D eigenvalue weighted by Crippen LogP contribution is 2.36. The van der Waals surface area contributed by atoms with Crippen LogP contribution >= 0.6 is 0 Å². The lowest BCUT2D eigenvalue weighted by atomic mass is 9.89. The average Bonchev–Trinajstić information content (AvgIpc) is 3.18. The molecule has 232 valence electrons. The minimum absolute atomic E-state index is 0.0280. The molecule has 0 saturated heterocycles. The number of aliphatic hydroxyl groups is 3. The van der Waals surface area contributed by atoms with E-state index in [2.05, 4.69) is 10.2 Å². The number of rotatable bonds is 18. The van der Waals surface area contributed by atoms with Crippen molar-refractivity contribution in [2.45, 2.75) is 56.6 Å². The van der Waals surface area contributed by atoms with Crippen LogP contribution in [0.2, 0.25) is 0 Å². The van der Waals surface area contributed by atoms with E-state index in [-0.39, 0.29) is 50.4 Å². The van der Waals surface area contributed by atoms with Crippen molar-refractivity contribution in [2.24, 2.45) is 11.8 Å². The molecule has 1 amide bonds. The monoisotopic (exact) mass is 592 g/mol. The number of carbonyl (C=O) groups excluding carboxylic acids is 1. The van der Waals surface area contributed by atoms with Crippen LogP contribution in [0.5, 0.6) is 5.75 Å². The molecule has 1 saturated carbocycles. The fourth-order valence-corrected chi connectivity index (χ4v) is 4.34. The lowest BCUT2D eigenvalue weighted by Gasteiger charge is -2.19. The van der Waals surface area contributed by atoms with Crippen LogP contribution in [0, 0.1) is 11.8 Å². The molecule has 14 heteroatoms. The van der Waals surface area contributed by atoms with E-state index < -0.39 is 41.4 Å². The number of allylic oxidation sites excluding steroid dienone is 2. The van der Waals surface area contributed by atoms with Crippen molar-refractivity contribution >= 4 is 5.91 Å². The number of hydrogen-bond acceptors (Lipinski definition) is 10. The van der Waals surface area contributed by atoms with Gasteiger partial charge in [-0.15, -0.1) is 0 Å². The lowest BCUT2D eigenvalue weighted by Crippen LogP contribution is -2.27. The van der Waals surface area contributed by atoms with Gasteiger partial charge in [0, 0.05) is 25.3 Å². The quantitative estimate of drug-likeness (QED) is 0.0849. The maximum Gasteiger partial charge on any atom is 0.416 e. The summed E-state index contributed by atoms with van der Waals surface area (Å²) in [5.74, 6) is -0.880. The molecule has 1 aliphatic carbocycles. The number of nitrogens with zero attached hydrogens (tertiary/aromatic N) is 1. The van der Waals surface area contributed by atoms with Crippen LogP contribution in [0.1, 0.15) is 37.7 Å². The van der Waals surface area contributed by atoms with Gasteiger partial charge in [0.2, 0.25) is 5.91 Å². The van der Waals surface area contributed by atoms with Crippen molar-refractivity contribution in [3.63, 3.8) is 0 Å². The maximum atomic E-state index is 12.8. The summed E-state index contributed by atoms with van der Waals surface area (Å²) in [6.07, 6.45) is 1.83. The van der Waals surface area contributed by atoms with Crippen molar-refractivity contribution in [1.29, 1.82) is 0 Å². The number of carbonyl (C=O) groups is 1. The van der Waals surface area contributed by atoms with Gasteiger partial charge < -0.3 is 30.1 Å². The van der Waals surface area contributed by atoms with Gasteiger partial charge in [-0.2, -0.15) is 13.2 Å². The second-order valence-corrected chi connectivity index (χ2v) is 9.55. The number of ether oxygens (including phenoxy) is 2. The third-order valence-corrected chi connectivity index (χ3v) is 6.41. The molecule has 5 atom stereocenters. The first-order valence-corrected chi connectivity index (χ1v) is 13.3. The molecule has 0 heterocycles. The number of alkyl halides is 3. The van der Waals surface area contributed by atoms with E-state index >= 15 is 0 Å². The molecule has 0 unspecified atom stereocenters. The molecule has 0 spiro atoms. The Balaban J connectivity index is 1.68. The minimum Gasteiger partial charge on any atom is -0.491 e. The molecule has 2 rings (SSSR count). The van der Waals surface area contributed by atoms with Crippen LogP contribution < -0.4 is 10.1 Å². The van der Waals surface area contributed by atoms with Gasteiger partial charge >= 0.3 is 6.18 Å². The summed E-state index contributed by atoms with van der Waals surface area (Å²) in [4.78, 5) is 16.2. The number of unbranched alkanes of at least 4 members (excludes halogenated alkanes) is 1. The van der Waals surface area contributed by atoms with Gasteiger partial charge in [0.15, 0.2) is 0 Å². The number of aliphatic hydroxyl groups excluding tert-OH is 3. The van der Waals surface area contributed by atoms with Crippen molar-refractivity contribution < 1.29 is 58.0 Å². The third kappa shape index (κ3) is 13.8. The number of amides is 1. The third-order valence-electron chi connectivity index (χ3n) is 6.41. The summed E-state index contributed by atoms with van der Waals surface area (Å²) in [5.41, 5.74) is -0.854. The summed E-state index contributed by atoms with van der Waals surface area (Å²) < 4.78 is 49.0. The highest BCUT2D eigenvalue weighted by molar-refractivity contribution is 5.75. The Labute approximate surface area is 236 Å². The van der Waals surface area contributed by atoms with E-state index in [1.165, 1.54) is 18.2 Å². The highest BCUT2D eigenvalue weighted by atomic mass is 19.4. The molecular formula is C27H39F3N2O9. The van der Waals surface area contributed by atoms with E-state index in [1.54, 1.807) is 6.08 Å². The second kappa shape index (κ2) is 18.1. The van der Waals surface area contributed by atoms with Gasteiger partial charge in [-0.25, -0.2) is 4.84 Å². The zero-order chi connectivity index (χ0) is 30.3. The Hall–Kier alpha value is -2.56. The normalized spacial score (nSPS) is 22.2. The standard InChI is InChI=1S/C27H39F3N2O9/c28-27(29,30)19-6-5-7-21(16-19)40-18-20(33)10-11-23-22(24(34)17-25(23)35)8-3-1-2-4-9-26(36)31-12-13-39-14-15-41-32(37)38/h1,3,5-7,10-11,16,20,22-25,33-35,37-38H,2,4,8-9,12-15,17-18H2,(H,31,36)/b3-1-,11-10+/t20-,22-,23-,24+,25-/m1/s1. The summed E-state index contributed by atoms with van der Waals surface area (Å²) >= 11 is 0. The molecule has 0 aromatic heterocycles. The van der Waals surface area contributed by atoms with E-state index in [0.29, 0.717) is 32.2 Å². The van der Waals surface area contributed by atoms with Gasteiger partial charge in [0.1, 0.15) is 18.5 Å². The smallest absolute Gasteiger partial charge is 0.416 e. The first-order chi connectivity index (χ1) is 19.5. The Bertz CT molecular complexity index is 962. The SMILES string of the molecule is O=C(CCC/C=C\C[C@@H]1[C@@H](/C=C/[C@@H](O)COc2cccc(C(F)(F)F)c2)[C@H](O)C[C@@H]1O)NCCOCCON(O)O. The highest BCUT2D eigenvalue weighted by Gasteiger charge is 2.39. The minimum atomic E-state index is -4.50. The van der Waals surface area contributed by atoms with E-state index in [4.69, 9.17) is 19.9 Å². The molecular weight excluding hydrogens is 553 g/mol. The molecule has 1 aromatic rings. The van der Waals surface area contributed by atoms with Crippen LogP contribution in [0.3, 0.4) is 0 Å². The summed E-state index contributed by atoms with van der Waals surface area (Å²) in [6.45, 7) is 0.345. The second-order valence-electron chi connectivity index (χ2n) is 9.55. The first kappa shape index (κ1) is 34.6. The largest absolute Gasteiger partial charge is 0.491 e. The molecule has 1 fully saturated rings. The van der Waals surface area contributed by atoms with Gasteiger partial charge in [-0.1, -0.05) is 30.4 Å². The average molecular weight is 593 g/mol. The van der Waals surface area contributed by atoms with Crippen LogP contribution in [0.4, 0.5) is 13.2 Å². The summed E-state index contributed by atoms with van der Waals surface area (Å²) in [5, 5.41) is 50.0. The molecule has 0 aliphatic heterocycles. The Morgan fingerprint density at radius 1 is 1.15 bits per heavy atom. The molecule has 1 aromatic carbocycles. The van der Waals surface area contributed by atoms with Gasteiger partial charge in [0.05, 0.1) is 43.0 Å². The van der Waals surface area contributed by atoms with Crippen molar-refractivity contribution in [3.8, 4) is 5.75 Å². The Morgan fingerprint density at radius 2 is 1.93 bits per heavy atom. The summed E-state index contributed by atoms with van der Waals surface area (Å²) in [6, 6.07) is 4.35. The maximum absolute atomic E-state index is 12.8. The first-order valence-electron chi connectivity index (χ1n) is 13.3. The molecule has 41 heavy (non-hydrogen) atoms. The predicted octanol–water partition coefficient (Wildman–Crippen LogP) is 2.62. The molecule has 0 bridgehead atoms. The zero-order valence-corrected chi connectivity index (χ0v) is 22.5. The molecule has 1 aliphatic rings. The fraction of sp³-hybridized carbons (Fsp3) is 0.593. The fourth-order valence-electron chi connectivity index (χ4n) is 4.34. The molecule has 0 radical (unpaired) electrons. The number of nitrogens with one attached hydrogen (secondary N) is 1. The predicted molar refractivity (Wildman–Crippen MR) is 138 cm³/mol. The van der Waals surface area contributed by atoms with Gasteiger partial charge in [-0.05, 0) is 43.4 Å². The Kier molecular flexibility index (Phi) is 15.3. The number of benzene rings is 1. The number of halogens is 3. The molecule has 6 N–H and O–H groups in total. The molecule has 11 nitrogen and oxygen atoms in total. The summed E-state index contributed by atoms with van der Waals surface area (Å²) in [7, 11) is 0.